The van der Waals surface area contributed by atoms with E-state index in [4.69, 9.17) is 4.74 Å². The van der Waals surface area contributed by atoms with Gasteiger partial charge in [0.25, 0.3) is 0 Å². The van der Waals surface area contributed by atoms with E-state index in [2.05, 4.69) is 32.0 Å². The Kier molecular flexibility index (Phi) is 6.29. The molecule has 3 rings (SSSR count). The Hall–Kier alpha value is -2.18. The maximum atomic E-state index is 14.5. The molecule has 27 heavy (non-hydrogen) atoms. The molecule has 0 N–H and O–H groups in total. The van der Waals surface area contributed by atoms with E-state index in [-0.39, 0.29) is 11.0 Å². The van der Waals surface area contributed by atoms with Crippen LogP contribution < -0.4 is 10.0 Å². The largest absolute Gasteiger partial charge is 0.489 e. The molecule has 0 saturated carbocycles. The van der Waals surface area contributed by atoms with Gasteiger partial charge in [-0.3, -0.25) is 0 Å². The maximum absolute atomic E-state index is 14.5. The van der Waals surface area contributed by atoms with E-state index >= 15 is 0 Å². The fraction of sp³-hybridized carbons (Fsp3) is 0.250. The number of benzene rings is 3. The standard InChI is InChI=1S/C24H26FOP/c1-4-24(3,27-23-15-14-18(2)16-21(23)25)20-12-8-9-13-22(20)26-17-19-10-6-5-7-11-19/h5-16,27H,4,17H2,1-3H3. The number of halogens is 1. The van der Waals surface area contributed by atoms with Gasteiger partial charge in [0.15, 0.2) is 0 Å². The minimum atomic E-state index is -0.177. The Morgan fingerprint density at radius 1 is 0.963 bits per heavy atom. The van der Waals surface area contributed by atoms with E-state index in [1.807, 2.05) is 55.5 Å². The quantitative estimate of drug-likeness (QED) is 0.435. The van der Waals surface area contributed by atoms with Crippen molar-refractivity contribution >= 4 is 13.9 Å². The van der Waals surface area contributed by atoms with Crippen LogP contribution >= 0.6 is 8.58 Å². The summed E-state index contributed by atoms with van der Waals surface area (Å²) in [5.41, 5.74) is 3.23. The summed E-state index contributed by atoms with van der Waals surface area (Å²) in [7, 11) is 0.334. The molecule has 3 aromatic carbocycles. The van der Waals surface area contributed by atoms with Crippen LogP contribution in [0.4, 0.5) is 4.39 Å². The zero-order valence-electron chi connectivity index (χ0n) is 16.1. The molecular weight excluding hydrogens is 354 g/mol. The van der Waals surface area contributed by atoms with E-state index in [0.717, 1.165) is 34.2 Å². The van der Waals surface area contributed by atoms with Gasteiger partial charge in [-0.15, -0.1) is 0 Å². The first-order chi connectivity index (χ1) is 13.0. The molecule has 2 atom stereocenters. The third-order valence-corrected chi connectivity index (χ3v) is 6.81. The minimum absolute atomic E-state index is 0.115. The van der Waals surface area contributed by atoms with Crippen LogP contribution in [0.25, 0.3) is 0 Å². The van der Waals surface area contributed by atoms with Gasteiger partial charge >= 0.3 is 0 Å². The highest BCUT2D eigenvalue weighted by atomic mass is 31.1. The van der Waals surface area contributed by atoms with Gasteiger partial charge in [0.05, 0.1) is 0 Å². The Bertz CT molecular complexity index is 894. The third kappa shape index (κ3) is 4.76. The average molecular weight is 380 g/mol. The predicted molar refractivity (Wildman–Crippen MR) is 114 cm³/mol. The highest BCUT2D eigenvalue weighted by Crippen LogP contribution is 2.47. The second-order valence-electron chi connectivity index (χ2n) is 7.06. The molecular formula is C24H26FOP. The molecule has 0 amide bonds. The molecule has 0 aliphatic rings. The lowest BCUT2D eigenvalue weighted by Gasteiger charge is -2.31. The normalized spacial score (nSPS) is 13.6. The molecule has 0 bridgehead atoms. The topological polar surface area (TPSA) is 9.23 Å². The average Bonchev–Trinajstić information content (AvgIpc) is 2.69. The number of aryl methyl sites for hydroxylation is 1. The van der Waals surface area contributed by atoms with Gasteiger partial charge in [0, 0.05) is 16.0 Å². The van der Waals surface area contributed by atoms with Crippen molar-refractivity contribution in [2.75, 3.05) is 0 Å². The second kappa shape index (κ2) is 8.67. The van der Waals surface area contributed by atoms with Gasteiger partial charge in [-0.2, -0.15) is 0 Å². The van der Waals surface area contributed by atoms with Gasteiger partial charge in [-0.25, -0.2) is 4.39 Å². The van der Waals surface area contributed by atoms with Gasteiger partial charge in [0.2, 0.25) is 0 Å². The zero-order valence-corrected chi connectivity index (χ0v) is 17.1. The van der Waals surface area contributed by atoms with Gasteiger partial charge < -0.3 is 4.74 Å². The van der Waals surface area contributed by atoms with Crippen molar-refractivity contribution in [3.05, 3.63) is 95.3 Å². The molecule has 140 valence electrons. The van der Waals surface area contributed by atoms with Gasteiger partial charge in [-0.05, 0) is 36.6 Å². The molecule has 0 spiro atoms. The lowest BCUT2D eigenvalue weighted by Crippen LogP contribution is -2.21. The fourth-order valence-electron chi connectivity index (χ4n) is 3.15. The summed E-state index contributed by atoms with van der Waals surface area (Å²) in [6, 6.07) is 23.8. The van der Waals surface area contributed by atoms with Crippen molar-refractivity contribution in [2.24, 2.45) is 0 Å². The van der Waals surface area contributed by atoms with Crippen LogP contribution in [0.1, 0.15) is 37.0 Å². The first-order valence-electron chi connectivity index (χ1n) is 9.32. The van der Waals surface area contributed by atoms with Gasteiger partial charge in [0.1, 0.15) is 18.2 Å². The Balaban J connectivity index is 1.88. The number of hydrogen-bond donors (Lipinski definition) is 0. The first kappa shape index (κ1) is 19.6. The van der Waals surface area contributed by atoms with Crippen LogP contribution in [0.5, 0.6) is 5.75 Å². The van der Waals surface area contributed by atoms with E-state index in [0.29, 0.717) is 15.2 Å². The molecule has 0 saturated heterocycles. The smallest absolute Gasteiger partial charge is 0.130 e. The van der Waals surface area contributed by atoms with E-state index < -0.39 is 0 Å². The minimum Gasteiger partial charge on any atom is -0.489 e. The molecule has 3 aromatic rings. The summed E-state index contributed by atoms with van der Waals surface area (Å²) in [6.45, 7) is 6.81. The SMILES string of the molecule is CCC(C)(Pc1ccc(C)cc1F)c1ccccc1OCc1ccccc1. The van der Waals surface area contributed by atoms with Crippen molar-refractivity contribution in [1.29, 1.82) is 0 Å². The number of hydrogen-bond acceptors (Lipinski definition) is 1. The zero-order chi connectivity index (χ0) is 19.3. The summed E-state index contributed by atoms with van der Waals surface area (Å²) in [4.78, 5) is 0. The Morgan fingerprint density at radius 2 is 1.67 bits per heavy atom. The predicted octanol–water partition coefficient (Wildman–Crippen LogP) is 6.34. The van der Waals surface area contributed by atoms with E-state index in [1.165, 1.54) is 0 Å². The molecule has 0 fully saturated rings. The van der Waals surface area contributed by atoms with Crippen molar-refractivity contribution in [3.8, 4) is 5.75 Å². The van der Waals surface area contributed by atoms with Crippen LogP contribution in [0.3, 0.4) is 0 Å². The van der Waals surface area contributed by atoms with E-state index in [1.54, 1.807) is 6.07 Å². The van der Waals surface area contributed by atoms with Crippen molar-refractivity contribution in [3.63, 3.8) is 0 Å². The summed E-state index contributed by atoms with van der Waals surface area (Å²) in [5.74, 6) is 0.765. The van der Waals surface area contributed by atoms with Crippen LogP contribution in [0, 0.1) is 12.7 Å². The molecule has 0 aliphatic carbocycles. The Labute approximate surface area is 163 Å². The molecule has 0 radical (unpaired) electrons. The highest BCUT2D eigenvalue weighted by Gasteiger charge is 2.29. The van der Waals surface area contributed by atoms with Crippen molar-refractivity contribution < 1.29 is 9.13 Å². The molecule has 0 aliphatic heterocycles. The maximum Gasteiger partial charge on any atom is 0.130 e. The molecule has 0 heterocycles. The summed E-state index contributed by atoms with van der Waals surface area (Å²) < 4.78 is 20.6. The lowest BCUT2D eigenvalue weighted by atomic mass is 9.96. The molecule has 3 heteroatoms. The fourth-order valence-corrected chi connectivity index (χ4v) is 4.62. The van der Waals surface area contributed by atoms with Crippen LogP contribution in [0.2, 0.25) is 0 Å². The summed E-state index contributed by atoms with van der Waals surface area (Å²) in [5, 5.41) is 0.603. The second-order valence-corrected chi connectivity index (χ2v) is 8.96. The molecule has 1 nitrogen and oxygen atoms in total. The summed E-state index contributed by atoms with van der Waals surface area (Å²) >= 11 is 0. The first-order valence-corrected chi connectivity index (χ1v) is 10.3. The van der Waals surface area contributed by atoms with Crippen molar-refractivity contribution in [2.45, 2.75) is 39.0 Å². The lowest BCUT2D eigenvalue weighted by molar-refractivity contribution is 0.300. The number of ether oxygens (including phenoxy) is 1. The summed E-state index contributed by atoms with van der Waals surface area (Å²) in [6.07, 6.45) is 0.907. The van der Waals surface area contributed by atoms with Crippen molar-refractivity contribution in [1.82, 2.24) is 0 Å². The number of rotatable bonds is 7. The Morgan fingerprint density at radius 3 is 2.37 bits per heavy atom. The molecule has 2 unspecified atom stereocenters. The van der Waals surface area contributed by atoms with Crippen LogP contribution in [0.15, 0.2) is 72.8 Å². The van der Waals surface area contributed by atoms with E-state index in [9.17, 15) is 4.39 Å². The molecule has 0 aromatic heterocycles. The van der Waals surface area contributed by atoms with Crippen LogP contribution in [-0.2, 0) is 11.8 Å². The number of para-hydroxylation sites is 1. The highest BCUT2D eigenvalue weighted by molar-refractivity contribution is 7.48. The van der Waals surface area contributed by atoms with Gasteiger partial charge in [-0.1, -0.05) is 83.1 Å². The monoisotopic (exact) mass is 380 g/mol. The third-order valence-electron chi connectivity index (χ3n) is 4.96. The van der Waals surface area contributed by atoms with Crippen LogP contribution in [-0.4, -0.2) is 0 Å².